The van der Waals surface area contributed by atoms with Crippen molar-refractivity contribution in [2.75, 3.05) is 5.32 Å². The number of amides is 1. The molecule has 0 unspecified atom stereocenters. The van der Waals surface area contributed by atoms with Crippen molar-refractivity contribution in [1.29, 1.82) is 0 Å². The highest BCUT2D eigenvalue weighted by atomic mass is 32.1. The Kier molecular flexibility index (Phi) is 3.88. The van der Waals surface area contributed by atoms with E-state index in [1.807, 2.05) is 37.3 Å². The molecule has 1 amide bonds. The third-order valence-electron chi connectivity index (χ3n) is 2.35. The number of benzene rings is 1. The Morgan fingerprint density at radius 2 is 2.12 bits per heavy atom. The van der Waals surface area contributed by atoms with Crippen LogP contribution in [0.4, 0.5) is 5.13 Å². The maximum Gasteiger partial charge on any atom is 0.226 e. The number of nitrogens with one attached hydrogen (secondary N) is 1. The third-order valence-corrected chi connectivity index (χ3v) is 3.18. The molecule has 0 fully saturated rings. The lowest BCUT2D eigenvalue weighted by Gasteiger charge is -2.01. The first-order chi connectivity index (χ1) is 8.24. The maximum absolute atomic E-state index is 11.7. The number of hydrogen-bond acceptors (Lipinski definition) is 3. The topological polar surface area (TPSA) is 42.0 Å². The van der Waals surface area contributed by atoms with Crippen molar-refractivity contribution in [3.8, 4) is 0 Å². The minimum absolute atomic E-state index is 0.0169. The third kappa shape index (κ3) is 3.67. The molecule has 0 aliphatic carbocycles. The molecule has 0 bridgehead atoms. The van der Waals surface area contributed by atoms with Crippen molar-refractivity contribution < 1.29 is 4.79 Å². The van der Waals surface area contributed by atoms with Gasteiger partial charge < -0.3 is 5.32 Å². The number of aromatic nitrogens is 1. The summed E-state index contributed by atoms with van der Waals surface area (Å²) in [5.74, 6) is 0.0169. The summed E-state index contributed by atoms with van der Waals surface area (Å²) < 4.78 is 0. The summed E-state index contributed by atoms with van der Waals surface area (Å²) in [7, 11) is 0. The highest BCUT2D eigenvalue weighted by molar-refractivity contribution is 7.15. The molecule has 0 atom stereocenters. The summed E-state index contributed by atoms with van der Waals surface area (Å²) in [6.45, 7) is 1.97. The summed E-state index contributed by atoms with van der Waals surface area (Å²) in [5, 5.41) is 3.48. The first kappa shape index (κ1) is 11.8. The normalized spacial score (nSPS) is 10.2. The summed E-state index contributed by atoms with van der Waals surface area (Å²) in [4.78, 5) is 16.8. The van der Waals surface area contributed by atoms with Crippen molar-refractivity contribution in [2.24, 2.45) is 0 Å². The average molecular weight is 246 g/mol. The fourth-order valence-corrected chi connectivity index (χ4v) is 2.18. The first-order valence-electron chi connectivity index (χ1n) is 5.50. The minimum atomic E-state index is 0.0169. The van der Waals surface area contributed by atoms with Crippen LogP contribution in [-0.4, -0.2) is 10.9 Å². The summed E-state index contributed by atoms with van der Waals surface area (Å²) in [6, 6.07) is 10.00. The lowest BCUT2D eigenvalue weighted by Crippen LogP contribution is -2.11. The second-order valence-corrected chi connectivity index (χ2v) is 5.04. The van der Waals surface area contributed by atoms with Crippen molar-refractivity contribution in [2.45, 2.75) is 19.8 Å². The molecule has 0 aliphatic heterocycles. The van der Waals surface area contributed by atoms with Gasteiger partial charge in [-0.25, -0.2) is 4.98 Å². The van der Waals surface area contributed by atoms with E-state index in [0.717, 1.165) is 11.3 Å². The number of anilines is 1. The van der Waals surface area contributed by atoms with Crippen LogP contribution in [0, 0.1) is 6.92 Å². The SMILES string of the molecule is Cc1cnc(NC(=O)CCc2ccccc2)s1. The van der Waals surface area contributed by atoms with Gasteiger partial charge in [0.05, 0.1) is 0 Å². The molecule has 0 saturated carbocycles. The van der Waals surface area contributed by atoms with Gasteiger partial charge in [-0.3, -0.25) is 4.79 Å². The zero-order valence-corrected chi connectivity index (χ0v) is 10.5. The van der Waals surface area contributed by atoms with Crippen LogP contribution in [-0.2, 0) is 11.2 Å². The van der Waals surface area contributed by atoms with Gasteiger partial charge in [-0.2, -0.15) is 0 Å². The molecule has 1 N–H and O–H groups in total. The van der Waals surface area contributed by atoms with E-state index < -0.39 is 0 Å². The summed E-state index contributed by atoms with van der Waals surface area (Å²) in [6.07, 6.45) is 3.01. The summed E-state index contributed by atoms with van der Waals surface area (Å²) >= 11 is 1.49. The second-order valence-electron chi connectivity index (χ2n) is 3.81. The van der Waals surface area contributed by atoms with Gasteiger partial charge >= 0.3 is 0 Å². The van der Waals surface area contributed by atoms with E-state index in [1.54, 1.807) is 6.20 Å². The molecule has 0 radical (unpaired) electrons. The molecular formula is C13H14N2OS. The number of rotatable bonds is 4. The Morgan fingerprint density at radius 1 is 1.35 bits per heavy atom. The van der Waals surface area contributed by atoms with E-state index in [2.05, 4.69) is 10.3 Å². The monoisotopic (exact) mass is 246 g/mol. The molecule has 1 aromatic carbocycles. The maximum atomic E-state index is 11.7. The number of carbonyl (C=O) groups excluding carboxylic acids is 1. The number of hydrogen-bond donors (Lipinski definition) is 1. The zero-order chi connectivity index (χ0) is 12.1. The Hall–Kier alpha value is -1.68. The van der Waals surface area contributed by atoms with Gasteiger partial charge in [0.2, 0.25) is 5.91 Å². The van der Waals surface area contributed by atoms with Gasteiger partial charge in [0.15, 0.2) is 5.13 Å². The minimum Gasteiger partial charge on any atom is -0.302 e. The highest BCUT2D eigenvalue weighted by Crippen LogP contribution is 2.16. The molecular weight excluding hydrogens is 232 g/mol. The molecule has 17 heavy (non-hydrogen) atoms. The van der Waals surface area contributed by atoms with Crippen molar-refractivity contribution in [1.82, 2.24) is 4.98 Å². The average Bonchev–Trinajstić information content (AvgIpc) is 2.73. The Morgan fingerprint density at radius 3 is 2.76 bits per heavy atom. The van der Waals surface area contributed by atoms with Gasteiger partial charge in [-0.05, 0) is 18.9 Å². The van der Waals surface area contributed by atoms with Crippen LogP contribution in [0.15, 0.2) is 36.5 Å². The summed E-state index contributed by atoms with van der Waals surface area (Å²) in [5.41, 5.74) is 1.18. The number of aryl methyl sites for hydroxylation is 2. The smallest absolute Gasteiger partial charge is 0.226 e. The Labute approximate surface area is 105 Å². The van der Waals surface area contributed by atoms with E-state index in [4.69, 9.17) is 0 Å². The first-order valence-corrected chi connectivity index (χ1v) is 6.32. The molecule has 2 aromatic rings. The van der Waals surface area contributed by atoms with E-state index >= 15 is 0 Å². The number of thiazole rings is 1. The molecule has 1 heterocycles. The Bertz CT molecular complexity index is 493. The van der Waals surface area contributed by atoms with Gasteiger partial charge in [0.25, 0.3) is 0 Å². The van der Waals surface area contributed by atoms with Crippen LogP contribution in [0.2, 0.25) is 0 Å². The molecule has 4 heteroatoms. The van der Waals surface area contributed by atoms with Crippen LogP contribution in [0.5, 0.6) is 0 Å². The standard InChI is InChI=1S/C13H14N2OS/c1-10-9-14-13(17-10)15-12(16)8-7-11-5-3-2-4-6-11/h2-6,9H,7-8H2,1H3,(H,14,15,16). The number of carbonyl (C=O) groups is 1. The highest BCUT2D eigenvalue weighted by Gasteiger charge is 2.05. The van der Waals surface area contributed by atoms with Crippen molar-refractivity contribution >= 4 is 22.4 Å². The molecule has 1 aromatic heterocycles. The van der Waals surface area contributed by atoms with E-state index in [1.165, 1.54) is 16.9 Å². The van der Waals surface area contributed by atoms with Gasteiger partial charge in [0, 0.05) is 17.5 Å². The fourth-order valence-electron chi connectivity index (χ4n) is 1.50. The van der Waals surface area contributed by atoms with Gasteiger partial charge in [-0.15, -0.1) is 11.3 Å². The van der Waals surface area contributed by atoms with Crippen molar-refractivity contribution in [3.05, 3.63) is 47.0 Å². The van der Waals surface area contributed by atoms with Crippen LogP contribution < -0.4 is 5.32 Å². The predicted octanol–water partition coefficient (Wildman–Crippen LogP) is 3.02. The Balaban J connectivity index is 1.82. The van der Waals surface area contributed by atoms with E-state index in [-0.39, 0.29) is 5.91 Å². The molecule has 3 nitrogen and oxygen atoms in total. The molecule has 0 aliphatic rings. The van der Waals surface area contributed by atoms with Crippen molar-refractivity contribution in [3.63, 3.8) is 0 Å². The van der Waals surface area contributed by atoms with E-state index in [9.17, 15) is 4.79 Å². The second kappa shape index (κ2) is 5.59. The van der Waals surface area contributed by atoms with Gasteiger partial charge in [-0.1, -0.05) is 30.3 Å². The van der Waals surface area contributed by atoms with Crippen LogP contribution in [0.25, 0.3) is 0 Å². The largest absolute Gasteiger partial charge is 0.302 e. The number of nitrogens with zero attached hydrogens (tertiary/aromatic N) is 1. The van der Waals surface area contributed by atoms with Crippen LogP contribution in [0.1, 0.15) is 16.9 Å². The zero-order valence-electron chi connectivity index (χ0n) is 9.64. The lowest BCUT2D eigenvalue weighted by atomic mass is 10.1. The molecule has 0 saturated heterocycles. The van der Waals surface area contributed by atoms with Gasteiger partial charge in [0.1, 0.15) is 0 Å². The molecule has 0 spiro atoms. The lowest BCUT2D eigenvalue weighted by molar-refractivity contribution is -0.116. The van der Waals surface area contributed by atoms with Crippen LogP contribution in [0.3, 0.4) is 0 Å². The predicted molar refractivity (Wildman–Crippen MR) is 70.2 cm³/mol. The fraction of sp³-hybridized carbons (Fsp3) is 0.231. The van der Waals surface area contributed by atoms with Crippen LogP contribution >= 0.6 is 11.3 Å². The molecule has 88 valence electrons. The molecule has 2 rings (SSSR count). The quantitative estimate of drug-likeness (QED) is 0.901. The van der Waals surface area contributed by atoms with E-state index in [0.29, 0.717) is 11.6 Å².